The molecule has 0 saturated heterocycles. The molecule has 2 heteroatoms. The van der Waals surface area contributed by atoms with Crippen molar-refractivity contribution in [1.29, 1.82) is 0 Å². The smallest absolute Gasteiger partial charge is 0.0349 e. The Bertz CT molecular complexity index is 554. The number of rotatable bonds is 2. The molecule has 0 amide bonds. The highest BCUT2D eigenvalue weighted by atomic mass is 14.7. The molecule has 1 aromatic carbocycles. The average molecular weight is 226 g/mol. The highest BCUT2D eigenvalue weighted by Gasteiger charge is 2.49. The highest BCUT2D eigenvalue weighted by Crippen LogP contribution is 2.57. The second-order valence-electron chi connectivity index (χ2n) is 5.77. The zero-order valence-corrected chi connectivity index (χ0v) is 10.4. The second-order valence-corrected chi connectivity index (χ2v) is 5.77. The van der Waals surface area contributed by atoms with Crippen molar-refractivity contribution in [1.82, 2.24) is 4.98 Å². The van der Waals surface area contributed by atoms with Crippen LogP contribution in [-0.2, 0) is 0 Å². The summed E-state index contributed by atoms with van der Waals surface area (Å²) in [5.41, 5.74) is 8.06. The first-order chi connectivity index (χ1) is 8.09. The number of pyridine rings is 1. The van der Waals surface area contributed by atoms with E-state index in [-0.39, 0.29) is 6.04 Å². The molecule has 2 nitrogen and oxygen atoms in total. The number of nitrogens with zero attached hydrogens (tertiary/aromatic N) is 1. The molecule has 1 aliphatic rings. The summed E-state index contributed by atoms with van der Waals surface area (Å²) in [6.45, 7) is 4.59. The van der Waals surface area contributed by atoms with Gasteiger partial charge in [-0.3, -0.25) is 4.98 Å². The van der Waals surface area contributed by atoms with Gasteiger partial charge in [0.05, 0.1) is 0 Å². The van der Waals surface area contributed by atoms with Gasteiger partial charge in [-0.1, -0.05) is 32.0 Å². The molecule has 1 aromatic heterocycles. The van der Waals surface area contributed by atoms with Gasteiger partial charge >= 0.3 is 0 Å². The van der Waals surface area contributed by atoms with Crippen LogP contribution in [0, 0.1) is 11.3 Å². The summed E-state index contributed by atoms with van der Waals surface area (Å²) in [7, 11) is 0. The molecular formula is C15H18N2. The third-order valence-electron chi connectivity index (χ3n) is 4.10. The first-order valence-corrected chi connectivity index (χ1v) is 6.18. The van der Waals surface area contributed by atoms with Crippen molar-refractivity contribution in [2.24, 2.45) is 17.1 Å². The number of hydrogen-bond donors (Lipinski definition) is 1. The van der Waals surface area contributed by atoms with Crippen molar-refractivity contribution in [3.63, 3.8) is 0 Å². The molecule has 17 heavy (non-hydrogen) atoms. The summed E-state index contributed by atoms with van der Waals surface area (Å²) in [6.07, 6.45) is 4.99. The van der Waals surface area contributed by atoms with Gasteiger partial charge in [-0.2, -0.15) is 0 Å². The van der Waals surface area contributed by atoms with Gasteiger partial charge in [0.15, 0.2) is 0 Å². The number of benzene rings is 1. The summed E-state index contributed by atoms with van der Waals surface area (Å²) >= 11 is 0. The van der Waals surface area contributed by atoms with Gasteiger partial charge in [0.1, 0.15) is 0 Å². The van der Waals surface area contributed by atoms with Crippen LogP contribution in [0.25, 0.3) is 10.8 Å². The lowest BCUT2D eigenvalue weighted by molar-refractivity contribution is 0.493. The monoisotopic (exact) mass is 226 g/mol. The molecule has 0 radical (unpaired) electrons. The summed E-state index contributed by atoms with van der Waals surface area (Å²) in [5, 5.41) is 2.43. The van der Waals surface area contributed by atoms with Crippen LogP contribution >= 0.6 is 0 Å². The molecule has 1 heterocycles. The van der Waals surface area contributed by atoms with Crippen molar-refractivity contribution >= 4 is 10.8 Å². The molecule has 2 atom stereocenters. The standard InChI is InChI=1S/C15H18N2/c1-15(2)8-13(15)14(16)11-5-3-4-10-6-7-17-9-12(10)11/h3-7,9,13-14H,8,16H2,1-2H3. The lowest BCUT2D eigenvalue weighted by Crippen LogP contribution is -2.15. The molecule has 1 fully saturated rings. The first-order valence-electron chi connectivity index (χ1n) is 6.18. The number of hydrogen-bond acceptors (Lipinski definition) is 2. The fraction of sp³-hybridized carbons (Fsp3) is 0.400. The van der Waals surface area contributed by atoms with Crippen LogP contribution in [0.5, 0.6) is 0 Å². The van der Waals surface area contributed by atoms with E-state index >= 15 is 0 Å². The van der Waals surface area contributed by atoms with E-state index in [1.54, 1.807) is 0 Å². The SMILES string of the molecule is CC1(C)CC1C(N)c1cccc2ccncc12. The average Bonchev–Trinajstić information content (AvgIpc) is 2.97. The van der Waals surface area contributed by atoms with Crippen molar-refractivity contribution in [3.05, 3.63) is 42.2 Å². The topological polar surface area (TPSA) is 38.9 Å². The summed E-state index contributed by atoms with van der Waals surface area (Å²) in [6, 6.07) is 8.53. The molecule has 0 aliphatic heterocycles. The van der Waals surface area contributed by atoms with E-state index in [0.29, 0.717) is 11.3 Å². The Morgan fingerprint density at radius 3 is 2.82 bits per heavy atom. The zero-order valence-electron chi connectivity index (χ0n) is 10.4. The van der Waals surface area contributed by atoms with Crippen molar-refractivity contribution < 1.29 is 0 Å². The van der Waals surface area contributed by atoms with Gasteiger partial charge in [-0.25, -0.2) is 0 Å². The normalized spacial score (nSPS) is 23.6. The number of nitrogens with two attached hydrogens (primary N) is 1. The third-order valence-corrected chi connectivity index (χ3v) is 4.10. The van der Waals surface area contributed by atoms with Crippen LogP contribution in [0.1, 0.15) is 31.9 Å². The molecule has 0 spiro atoms. The predicted octanol–water partition coefficient (Wildman–Crippen LogP) is 3.28. The number of aromatic nitrogens is 1. The van der Waals surface area contributed by atoms with E-state index in [9.17, 15) is 0 Å². The van der Waals surface area contributed by atoms with Gasteiger partial charge in [-0.05, 0) is 34.8 Å². The van der Waals surface area contributed by atoms with Crippen LogP contribution in [0.15, 0.2) is 36.7 Å². The summed E-state index contributed by atoms with van der Waals surface area (Å²) < 4.78 is 0. The van der Waals surface area contributed by atoms with Crippen LogP contribution in [0.2, 0.25) is 0 Å². The Hall–Kier alpha value is -1.41. The highest BCUT2D eigenvalue weighted by molar-refractivity contribution is 5.85. The largest absolute Gasteiger partial charge is 0.324 e. The molecule has 2 aromatic rings. The predicted molar refractivity (Wildman–Crippen MR) is 70.6 cm³/mol. The Labute approximate surface area is 102 Å². The van der Waals surface area contributed by atoms with Crippen LogP contribution in [-0.4, -0.2) is 4.98 Å². The van der Waals surface area contributed by atoms with E-state index in [2.05, 4.69) is 37.0 Å². The minimum absolute atomic E-state index is 0.137. The third kappa shape index (κ3) is 1.73. The van der Waals surface area contributed by atoms with Gasteiger partial charge in [0, 0.05) is 23.8 Å². The fourth-order valence-electron chi connectivity index (χ4n) is 2.77. The van der Waals surface area contributed by atoms with Gasteiger partial charge in [0.25, 0.3) is 0 Å². The summed E-state index contributed by atoms with van der Waals surface area (Å²) in [5.74, 6) is 0.605. The number of fused-ring (bicyclic) bond motifs is 1. The molecule has 2 unspecified atom stereocenters. The molecule has 3 rings (SSSR count). The minimum atomic E-state index is 0.137. The fourth-order valence-corrected chi connectivity index (χ4v) is 2.77. The van der Waals surface area contributed by atoms with E-state index < -0.39 is 0 Å². The second kappa shape index (κ2) is 3.54. The summed E-state index contributed by atoms with van der Waals surface area (Å²) in [4.78, 5) is 4.22. The maximum Gasteiger partial charge on any atom is 0.0349 e. The molecule has 1 saturated carbocycles. The van der Waals surface area contributed by atoms with Gasteiger partial charge in [0.2, 0.25) is 0 Å². The lowest BCUT2D eigenvalue weighted by atomic mass is 9.94. The Morgan fingerprint density at radius 2 is 2.12 bits per heavy atom. The van der Waals surface area contributed by atoms with E-state index in [1.165, 1.54) is 22.8 Å². The first kappa shape index (κ1) is 10.7. The van der Waals surface area contributed by atoms with Crippen molar-refractivity contribution in [3.8, 4) is 0 Å². The molecular weight excluding hydrogens is 208 g/mol. The van der Waals surface area contributed by atoms with E-state index in [0.717, 1.165) is 0 Å². The van der Waals surface area contributed by atoms with Crippen molar-refractivity contribution in [2.45, 2.75) is 26.3 Å². The zero-order chi connectivity index (χ0) is 12.0. The lowest BCUT2D eigenvalue weighted by Gasteiger charge is -2.16. The van der Waals surface area contributed by atoms with E-state index in [4.69, 9.17) is 5.73 Å². The van der Waals surface area contributed by atoms with Crippen LogP contribution in [0.4, 0.5) is 0 Å². The maximum absolute atomic E-state index is 6.41. The Balaban J connectivity index is 2.06. The minimum Gasteiger partial charge on any atom is -0.324 e. The van der Waals surface area contributed by atoms with Crippen LogP contribution < -0.4 is 5.73 Å². The Morgan fingerprint density at radius 1 is 1.35 bits per heavy atom. The Kier molecular flexibility index (Phi) is 2.23. The molecule has 1 aliphatic carbocycles. The van der Waals surface area contributed by atoms with E-state index in [1.807, 2.05) is 18.5 Å². The molecule has 0 bridgehead atoms. The quantitative estimate of drug-likeness (QED) is 0.853. The van der Waals surface area contributed by atoms with Crippen molar-refractivity contribution in [2.75, 3.05) is 0 Å². The molecule has 88 valence electrons. The maximum atomic E-state index is 6.41. The van der Waals surface area contributed by atoms with Crippen LogP contribution in [0.3, 0.4) is 0 Å². The van der Waals surface area contributed by atoms with Gasteiger partial charge < -0.3 is 5.73 Å². The molecule has 2 N–H and O–H groups in total. The van der Waals surface area contributed by atoms with Gasteiger partial charge in [-0.15, -0.1) is 0 Å².